The highest BCUT2D eigenvalue weighted by atomic mass is 32.2. The second-order valence-electron chi connectivity index (χ2n) is 7.03. The third-order valence-corrected chi connectivity index (χ3v) is 6.91. The molecule has 0 aromatic heterocycles. The molecule has 1 heterocycles. The Bertz CT molecular complexity index is 957. The molecule has 0 N–H and O–H groups in total. The molecule has 2 aromatic carbocycles. The third kappa shape index (κ3) is 5.10. The third-order valence-electron chi connectivity index (χ3n) is 5.00. The summed E-state index contributed by atoms with van der Waals surface area (Å²) in [5, 5.41) is 0. The van der Waals surface area contributed by atoms with E-state index in [9.17, 15) is 18.0 Å². The molecule has 154 valence electrons. The van der Waals surface area contributed by atoms with E-state index >= 15 is 0 Å². The zero-order valence-corrected chi connectivity index (χ0v) is 17.3. The Balaban J connectivity index is 1.69. The molecule has 0 amide bonds. The molecule has 0 radical (unpaired) electrons. The number of hydrogen-bond donors (Lipinski definition) is 0. The van der Waals surface area contributed by atoms with Crippen LogP contribution in [0.1, 0.15) is 59.7 Å². The summed E-state index contributed by atoms with van der Waals surface area (Å²) in [5.41, 5.74) is 0.823. The molecule has 1 aliphatic rings. The number of benzene rings is 2. The van der Waals surface area contributed by atoms with Crippen molar-refractivity contribution in [1.29, 1.82) is 0 Å². The maximum absolute atomic E-state index is 12.8. The van der Waals surface area contributed by atoms with Crippen molar-refractivity contribution in [1.82, 2.24) is 4.31 Å². The number of Topliss-reactive ketones (excluding diaryl/α,β-unsaturated/α-hetero) is 1. The average Bonchev–Trinajstić information content (AvgIpc) is 3.04. The van der Waals surface area contributed by atoms with Gasteiger partial charge in [0.1, 0.15) is 5.75 Å². The minimum Gasteiger partial charge on any atom is -0.423 e. The highest BCUT2D eigenvalue weighted by Gasteiger charge is 2.25. The van der Waals surface area contributed by atoms with Crippen molar-refractivity contribution < 1.29 is 22.7 Å². The van der Waals surface area contributed by atoms with Gasteiger partial charge in [-0.2, -0.15) is 4.31 Å². The Morgan fingerprint density at radius 3 is 1.97 bits per heavy atom. The average molecular weight is 416 g/mol. The van der Waals surface area contributed by atoms with Crippen LogP contribution in [0.25, 0.3) is 0 Å². The smallest absolute Gasteiger partial charge is 0.343 e. The monoisotopic (exact) mass is 415 g/mol. The SMILES string of the molecule is CCC(=O)c1ccc(OC(=O)c2ccc(S(=O)(=O)N3CCCCCC3)cc2)cc1. The van der Waals surface area contributed by atoms with E-state index in [0.717, 1.165) is 25.7 Å². The van der Waals surface area contributed by atoms with Crippen LogP contribution in [0.4, 0.5) is 0 Å². The molecule has 0 saturated carbocycles. The van der Waals surface area contributed by atoms with Gasteiger partial charge in [-0.25, -0.2) is 13.2 Å². The van der Waals surface area contributed by atoms with Crippen LogP contribution in [-0.4, -0.2) is 37.6 Å². The Morgan fingerprint density at radius 2 is 1.41 bits per heavy atom. The van der Waals surface area contributed by atoms with Crippen LogP contribution in [0.2, 0.25) is 0 Å². The second-order valence-corrected chi connectivity index (χ2v) is 8.97. The van der Waals surface area contributed by atoms with Crippen LogP contribution in [-0.2, 0) is 10.0 Å². The van der Waals surface area contributed by atoms with E-state index in [4.69, 9.17) is 4.74 Å². The van der Waals surface area contributed by atoms with Gasteiger partial charge in [-0.15, -0.1) is 0 Å². The van der Waals surface area contributed by atoms with Gasteiger partial charge in [0.15, 0.2) is 5.78 Å². The summed E-state index contributed by atoms with van der Waals surface area (Å²) < 4.78 is 32.4. The molecule has 0 atom stereocenters. The van der Waals surface area contributed by atoms with E-state index in [2.05, 4.69) is 0 Å². The van der Waals surface area contributed by atoms with Crippen LogP contribution in [0.5, 0.6) is 5.75 Å². The fourth-order valence-electron chi connectivity index (χ4n) is 3.27. The van der Waals surface area contributed by atoms with Crippen LogP contribution in [0, 0.1) is 0 Å². The molecule has 0 aliphatic carbocycles. The normalized spacial score (nSPS) is 15.5. The van der Waals surface area contributed by atoms with Crippen LogP contribution in [0.3, 0.4) is 0 Å². The molecule has 7 heteroatoms. The summed E-state index contributed by atoms with van der Waals surface area (Å²) >= 11 is 0. The van der Waals surface area contributed by atoms with E-state index < -0.39 is 16.0 Å². The fraction of sp³-hybridized carbons (Fsp3) is 0.364. The molecule has 1 fully saturated rings. The topological polar surface area (TPSA) is 80.8 Å². The Labute approximate surface area is 171 Å². The Morgan fingerprint density at radius 1 is 0.862 bits per heavy atom. The van der Waals surface area contributed by atoms with Gasteiger partial charge in [0.05, 0.1) is 10.5 Å². The van der Waals surface area contributed by atoms with Crippen LogP contribution >= 0.6 is 0 Å². The molecule has 3 rings (SSSR count). The molecule has 2 aromatic rings. The maximum atomic E-state index is 12.8. The molecule has 29 heavy (non-hydrogen) atoms. The molecule has 0 spiro atoms. The van der Waals surface area contributed by atoms with Crippen LogP contribution < -0.4 is 4.74 Å². The predicted molar refractivity (Wildman–Crippen MR) is 110 cm³/mol. The van der Waals surface area contributed by atoms with E-state index in [1.165, 1.54) is 28.6 Å². The number of carbonyl (C=O) groups is 2. The summed E-state index contributed by atoms with van der Waals surface area (Å²) in [7, 11) is -3.55. The summed E-state index contributed by atoms with van der Waals surface area (Å²) in [5.74, 6) is -0.244. The summed E-state index contributed by atoms with van der Waals surface area (Å²) in [6.07, 6.45) is 4.24. The standard InChI is InChI=1S/C22H25NO5S/c1-2-21(24)17-7-11-19(12-8-17)28-22(25)18-9-13-20(14-10-18)29(26,27)23-15-5-3-4-6-16-23/h7-14H,2-6,15-16H2,1H3. The van der Waals surface area contributed by atoms with Crippen LogP contribution in [0.15, 0.2) is 53.4 Å². The number of sulfonamides is 1. The van der Waals surface area contributed by atoms with Gasteiger partial charge in [0.2, 0.25) is 10.0 Å². The van der Waals surface area contributed by atoms with Crippen molar-refractivity contribution in [2.45, 2.75) is 43.9 Å². The van der Waals surface area contributed by atoms with Crippen molar-refractivity contribution in [3.63, 3.8) is 0 Å². The quantitative estimate of drug-likeness (QED) is 0.404. The number of ether oxygens (including phenoxy) is 1. The summed E-state index contributed by atoms with van der Waals surface area (Å²) in [4.78, 5) is 24.2. The van der Waals surface area contributed by atoms with E-state index in [-0.39, 0.29) is 16.2 Å². The maximum Gasteiger partial charge on any atom is 0.343 e. The lowest BCUT2D eigenvalue weighted by molar-refractivity contribution is 0.0734. The Kier molecular flexibility index (Phi) is 6.82. The van der Waals surface area contributed by atoms with Gasteiger partial charge in [-0.05, 0) is 61.4 Å². The number of rotatable bonds is 6. The van der Waals surface area contributed by atoms with Gasteiger partial charge in [0, 0.05) is 25.1 Å². The van der Waals surface area contributed by atoms with Crippen molar-refractivity contribution in [2.24, 2.45) is 0 Å². The van der Waals surface area contributed by atoms with E-state index in [1.807, 2.05) is 0 Å². The summed E-state index contributed by atoms with van der Waals surface area (Å²) in [6.45, 7) is 2.85. The van der Waals surface area contributed by atoms with E-state index in [0.29, 0.717) is 30.8 Å². The lowest BCUT2D eigenvalue weighted by Gasteiger charge is -2.20. The molecular weight excluding hydrogens is 390 g/mol. The first kappa shape index (κ1) is 21.2. The minimum absolute atomic E-state index is 0.0177. The molecular formula is C22H25NO5S. The van der Waals surface area contributed by atoms with Crippen molar-refractivity contribution >= 4 is 21.8 Å². The lowest BCUT2D eigenvalue weighted by Crippen LogP contribution is -2.31. The predicted octanol–water partition coefficient (Wildman–Crippen LogP) is 4.06. The fourth-order valence-corrected chi connectivity index (χ4v) is 4.79. The molecule has 0 bridgehead atoms. The van der Waals surface area contributed by atoms with Gasteiger partial charge in [-0.3, -0.25) is 4.79 Å². The van der Waals surface area contributed by atoms with Crippen molar-refractivity contribution in [3.05, 3.63) is 59.7 Å². The molecule has 6 nitrogen and oxygen atoms in total. The zero-order valence-electron chi connectivity index (χ0n) is 16.5. The molecule has 0 unspecified atom stereocenters. The van der Waals surface area contributed by atoms with Gasteiger partial charge < -0.3 is 4.74 Å². The lowest BCUT2D eigenvalue weighted by atomic mass is 10.1. The first-order valence-electron chi connectivity index (χ1n) is 9.87. The number of ketones is 1. The van der Waals surface area contributed by atoms with Crippen molar-refractivity contribution in [2.75, 3.05) is 13.1 Å². The van der Waals surface area contributed by atoms with Crippen molar-refractivity contribution in [3.8, 4) is 5.75 Å². The molecule has 1 aliphatic heterocycles. The number of hydrogen-bond acceptors (Lipinski definition) is 5. The number of nitrogens with zero attached hydrogens (tertiary/aromatic N) is 1. The second kappa shape index (κ2) is 9.33. The largest absolute Gasteiger partial charge is 0.423 e. The zero-order chi connectivity index (χ0) is 20.9. The first-order valence-corrected chi connectivity index (χ1v) is 11.3. The minimum atomic E-state index is -3.55. The highest BCUT2D eigenvalue weighted by molar-refractivity contribution is 7.89. The van der Waals surface area contributed by atoms with Gasteiger partial charge >= 0.3 is 5.97 Å². The van der Waals surface area contributed by atoms with Gasteiger partial charge in [-0.1, -0.05) is 19.8 Å². The van der Waals surface area contributed by atoms with Gasteiger partial charge in [0.25, 0.3) is 0 Å². The Hall–Kier alpha value is -2.51. The summed E-state index contributed by atoms with van der Waals surface area (Å²) in [6, 6.07) is 12.2. The first-order chi connectivity index (χ1) is 13.9. The number of esters is 1. The molecule has 1 saturated heterocycles. The number of carbonyl (C=O) groups excluding carboxylic acids is 2. The highest BCUT2D eigenvalue weighted by Crippen LogP contribution is 2.21. The van der Waals surface area contributed by atoms with E-state index in [1.54, 1.807) is 31.2 Å².